The topological polar surface area (TPSA) is 63.7 Å². The molecule has 2 aliphatic rings. The van der Waals surface area contributed by atoms with Gasteiger partial charge >= 0.3 is 0 Å². The van der Waals surface area contributed by atoms with E-state index < -0.39 is 0 Å². The van der Waals surface area contributed by atoms with Crippen molar-refractivity contribution >= 4 is 5.91 Å². The van der Waals surface area contributed by atoms with E-state index in [-0.39, 0.29) is 11.5 Å². The molecule has 7 heteroatoms. The highest BCUT2D eigenvalue weighted by Gasteiger charge is 2.41. The average molecular weight is 372 g/mol. The van der Waals surface area contributed by atoms with Gasteiger partial charge in [-0.3, -0.25) is 9.69 Å². The molecule has 2 aromatic rings. The molecule has 4 rings (SSSR count). The van der Waals surface area contributed by atoms with Crippen molar-refractivity contribution in [2.75, 3.05) is 32.8 Å². The van der Waals surface area contributed by atoms with Crippen molar-refractivity contribution in [1.82, 2.24) is 19.5 Å². The van der Waals surface area contributed by atoms with Crippen LogP contribution in [0.2, 0.25) is 0 Å². The van der Waals surface area contributed by atoms with Gasteiger partial charge < -0.3 is 18.7 Å². The van der Waals surface area contributed by atoms with Crippen LogP contribution in [0.25, 0.3) is 0 Å². The van der Waals surface area contributed by atoms with Gasteiger partial charge in [0.1, 0.15) is 11.5 Å². The van der Waals surface area contributed by atoms with Gasteiger partial charge in [-0.25, -0.2) is 0 Å². The van der Waals surface area contributed by atoms with Crippen LogP contribution < -0.4 is 0 Å². The van der Waals surface area contributed by atoms with E-state index in [2.05, 4.69) is 10.1 Å². The van der Waals surface area contributed by atoms with Crippen LogP contribution in [0, 0.1) is 13.8 Å². The van der Waals surface area contributed by atoms with Crippen molar-refractivity contribution in [2.45, 2.75) is 38.8 Å². The predicted molar refractivity (Wildman–Crippen MR) is 100 cm³/mol. The summed E-state index contributed by atoms with van der Waals surface area (Å²) < 4.78 is 13.4. The Hall–Kier alpha value is -2.12. The van der Waals surface area contributed by atoms with Crippen LogP contribution >= 0.6 is 0 Å². The molecule has 0 unspecified atom stereocenters. The maximum Gasteiger partial charge on any atom is 0.270 e. The molecule has 1 spiro atoms. The Bertz CT molecular complexity index is 798. The summed E-state index contributed by atoms with van der Waals surface area (Å²) in [5.74, 6) is 1.00. The van der Waals surface area contributed by atoms with E-state index in [1.54, 1.807) is 0 Å². The summed E-state index contributed by atoms with van der Waals surface area (Å²) in [4.78, 5) is 17.3. The molecule has 0 atom stereocenters. The molecular weight excluding hydrogens is 344 g/mol. The van der Waals surface area contributed by atoms with Gasteiger partial charge in [0.15, 0.2) is 0 Å². The molecular formula is C20H28N4O3. The molecule has 0 N–H and O–H groups in total. The number of carbonyl (C=O) groups is 1. The molecule has 2 aliphatic heterocycles. The number of ether oxygens (including phenoxy) is 1. The van der Waals surface area contributed by atoms with Gasteiger partial charge in [-0.05, 0) is 38.8 Å². The third kappa shape index (κ3) is 3.53. The number of carbonyl (C=O) groups excluding carboxylic acids is 1. The summed E-state index contributed by atoms with van der Waals surface area (Å²) in [5.41, 5.74) is 2.69. The molecule has 27 heavy (non-hydrogen) atoms. The van der Waals surface area contributed by atoms with Crippen LogP contribution in [0.3, 0.4) is 0 Å². The summed E-state index contributed by atoms with van der Waals surface area (Å²) in [7, 11) is 1.91. The maximum absolute atomic E-state index is 12.9. The third-order valence-corrected chi connectivity index (χ3v) is 6.03. The smallest absolute Gasteiger partial charge is 0.270 e. The SMILES string of the molecule is Cc1noc(C)c1CN1CCC2(CC1)CN(C(=O)c1cccn1C)CCO2. The number of likely N-dealkylation sites (tertiary alicyclic amines) is 1. The van der Waals surface area contributed by atoms with Crippen molar-refractivity contribution in [3.63, 3.8) is 0 Å². The predicted octanol–water partition coefficient (Wildman–Crippen LogP) is 2.14. The van der Waals surface area contributed by atoms with Crippen molar-refractivity contribution in [1.29, 1.82) is 0 Å². The van der Waals surface area contributed by atoms with Gasteiger partial charge in [-0.2, -0.15) is 0 Å². The first-order chi connectivity index (χ1) is 13.0. The zero-order valence-corrected chi connectivity index (χ0v) is 16.4. The fourth-order valence-corrected chi connectivity index (χ4v) is 4.24. The first-order valence-electron chi connectivity index (χ1n) is 9.66. The minimum atomic E-state index is -0.214. The lowest BCUT2D eigenvalue weighted by atomic mass is 9.89. The lowest BCUT2D eigenvalue weighted by Gasteiger charge is -2.47. The van der Waals surface area contributed by atoms with E-state index >= 15 is 0 Å². The minimum absolute atomic E-state index is 0.100. The highest BCUT2D eigenvalue weighted by atomic mass is 16.5. The Morgan fingerprint density at radius 3 is 2.67 bits per heavy atom. The minimum Gasteiger partial charge on any atom is -0.371 e. The van der Waals surface area contributed by atoms with Crippen LogP contribution in [0.4, 0.5) is 0 Å². The van der Waals surface area contributed by atoms with Crippen molar-refractivity contribution in [2.24, 2.45) is 7.05 Å². The van der Waals surface area contributed by atoms with Crippen LogP contribution in [-0.2, 0) is 18.3 Å². The van der Waals surface area contributed by atoms with E-state index in [4.69, 9.17) is 9.26 Å². The molecule has 2 saturated heterocycles. The molecule has 0 bridgehead atoms. The zero-order valence-electron chi connectivity index (χ0n) is 16.4. The quantitative estimate of drug-likeness (QED) is 0.826. The Balaban J connectivity index is 1.39. The number of amides is 1. The standard InChI is InChI=1S/C20H28N4O3/c1-15-17(16(2)27-21-15)13-23-9-6-20(7-10-23)14-24(11-12-26-20)19(25)18-5-4-8-22(18)3/h4-5,8H,6-7,9-14H2,1-3H3. The Morgan fingerprint density at radius 2 is 2.04 bits per heavy atom. The number of aromatic nitrogens is 2. The molecule has 2 fully saturated rings. The van der Waals surface area contributed by atoms with Gasteiger partial charge in [0.25, 0.3) is 5.91 Å². The Kier molecular flexibility index (Phi) is 4.82. The second-order valence-electron chi connectivity index (χ2n) is 7.84. The normalized spacial score (nSPS) is 20.3. The number of morpholine rings is 1. The summed E-state index contributed by atoms with van der Waals surface area (Å²) >= 11 is 0. The van der Waals surface area contributed by atoms with Gasteiger partial charge in [-0.15, -0.1) is 0 Å². The number of aryl methyl sites for hydroxylation is 3. The molecule has 0 aromatic carbocycles. The van der Waals surface area contributed by atoms with Crippen LogP contribution in [0.15, 0.2) is 22.9 Å². The fraction of sp³-hybridized carbons (Fsp3) is 0.600. The molecule has 0 radical (unpaired) electrons. The molecule has 4 heterocycles. The first kappa shape index (κ1) is 18.3. The van der Waals surface area contributed by atoms with Crippen molar-refractivity contribution < 1.29 is 14.1 Å². The van der Waals surface area contributed by atoms with Gasteiger partial charge in [0, 0.05) is 45.0 Å². The van der Waals surface area contributed by atoms with Gasteiger partial charge in [0.05, 0.1) is 24.4 Å². The highest BCUT2D eigenvalue weighted by Crippen LogP contribution is 2.31. The Morgan fingerprint density at radius 1 is 1.26 bits per heavy atom. The molecule has 146 valence electrons. The lowest BCUT2D eigenvalue weighted by Crippen LogP contribution is -2.58. The van der Waals surface area contributed by atoms with Gasteiger partial charge in [-0.1, -0.05) is 5.16 Å². The maximum atomic E-state index is 12.9. The second-order valence-corrected chi connectivity index (χ2v) is 7.84. The van der Waals surface area contributed by atoms with Gasteiger partial charge in [0.2, 0.25) is 0 Å². The summed E-state index contributed by atoms with van der Waals surface area (Å²) in [6, 6.07) is 3.80. The average Bonchev–Trinajstić information content (AvgIpc) is 3.23. The van der Waals surface area contributed by atoms with Crippen LogP contribution in [-0.4, -0.2) is 63.8 Å². The lowest BCUT2D eigenvalue weighted by molar-refractivity contribution is -0.128. The molecule has 2 aromatic heterocycles. The van der Waals surface area contributed by atoms with E-state index in [1.807, 2.05) is 48.7 Å². The van der Waals surface area contributed by atoms with E-state index in [0.29, 0.717) is 19.7 Å². The van der Waals surface area contributed by atoms with E-state index in [0.717, 1.165) is 49.6 Å². The molecule has 1 amide bonds. The Labute approximate surface area is 159 Å². The summed E-state index contributed by atoms with van der Waals surface area (Å²) in [5, 5.41) is 4.05. The summed E-state index contributed by atoms with van der Waals surface area (Å²) in [6.07, 6.45) is 3.79. The highest BCUT2D eigenvalue weighted by molar-refractivity contribution is 5.92. The van der Waals surface area contributed by atoms with Crippen LogP contribution in [0.1, 0.15) is 40.3 Å². The van der Waals surface area contributed by atoms with Crippen molar-refractivity contribution in [3.8, 4) is 0 Å². The number of piperidine rings is 1. The largest absolute Gasteiger partial charge is 0.371 e. The number of hydrogen-bond acceptors (Lipinski definition) is 5. The monoisotopic (exact) mass is 372 g/mol. The second kappa shape index (κ2) is 7.13. The fourth-order valence-electron chi connectivity index (χ4n) is 4.24. The molecule has 7 nitrogen and oxygen atoms in total. The zero-order chi connectivity index (χ0) is 19.0. The van der Waals surface area contributed by atoms with E-state index in [1.165, 1.54) is 5.56 Å². The molecule has 0 aliphatic carbocycles. The van der Waals surface area contributed by atoms with Crippen LogP contribution in [0.5, 0.6) is 0 Å². The number of hydrogen-bond donors (Lipinski definition) is 0. The summed E-state index contributed by atoms with van der Waals surface area (Å²) in [6.45, 7) is 8.69. The van der Waals surface area contributed by atoms with Crippen molar-refractivity contribution in [3.05, 3.63) is 41.0 Å². The number of rotatable bonds is 3. The van der Waals surface area contributed by atoms with E-state index in [9.17, 15) is 4.79 Å². The first-order valence-corrected chi connectivity index (χ1v) is 9.66. The third-order valence-electron chi connectivity index (χ3n) is 6.03. The number of nitrogens with zero attached hydrogens (tertiary/aromatic N) is 4. The molecule has 0 saturated carbocycles.